The Kier molecular flexibility index (Phi) is 4.93. The molecule has 0 aliphatic heterocycles. The van der Waals surface area contributed by atoms with Crippen molar-refractivity contribution >= 4 is 11.7 Å². The second kappa shape index (κ2) is 7.47. The summed E-state index contributed by atoms with van der Waals surface area (Å²) in [4.78, 5) is 12.0. The Morgan fingerprint density at radius 1 is 1.17 bits per heavy atom. The summed E-state index contributed by atoms with van der Waals surface area (Å²) in [5, 5.41) is 11.9. The number of benzene rings is 2. The third-order valence-corrected chi connectivity index (χ3v) is 4.07. The van der Waals surface area contributed by atoms with Gasteiger partial charge in [-0.2, -0.15) is 5.26 Å². The van der Waals surface area contributed by atoms with Crippen LogP contribution in [0.2, 0.25) is 0 Å². The number of nitrogens with one attached hydrogen (secondary N) is 1. The number of rotatable bonds is 3. The minimum atomic E-state index is -0.431. The van der Waals surface area contributed by atoms with Crippen molar-refractivity contribution in [3.63, 3.8) is 0 Å². The van der Waals surface area contributed by atoms with E-state index in [9.17, 15) is 4.79 Å². The number of hydrogen-bond donors (Lipinski definition) is 1. The normalized spacial score (nSPS) is 17.6. The van der Waals surface area contributed by atoms with E-state index in [0.717, 1.165) is 28.7 Å². The Labute approximate surface area is 141 Å². The third-order valence-electron chi connectivity index (χ3n) is 4.07. The molecule has 3 rings (SSSR count). The molecule has 120 valence electrons. The van der Waals surface area contributed by atoms with Crippen LogP contribution in [0.25, 0.3) is 5.57 Å². The monoisotopic (exact) mass is 318 g/mol. The average Bonchev–Trinajstić information content (AvgIpc) is 2.61. The molecule has 1 unspecified atom stereocenters. The van der Waals surface area contributed by atoms with E-state index in [0.29, 0.717) is 6.42 Å². The second-order valence-corrected chi connectivity index (χ2v) is 5.77. The fraction of sp³-hybridized carbons (Fsp3) is 0.200. The number of amides is 1. The van der Waals surface area contributed by atoms with Gasteiger partial charge in [-0.05, 0) is 35.1 Å². The fourth-order valence-corrected chi connectivity index (χ4v) is 2.97. The molecule has 24 heavy (non-hydrogen) atoms. The molecule has 4 heteroatoms. The highest BCUT2D eigenvalue weighted by molar-refractivity contribution is 5.74. The third kappa shape index (κ3) is 3.82. The number of hydrogen-bond acceptors (Lipinski definition) is 3. The van der Waals surface area contributed by atoms with Crippen LogP contribution in [0.3, 0.4) is 0 Å². The summed E-state index contributed by atoms with van der Waals surface area (Å²) in [7, 11) is 0. The van der Waals surface area contributed by atoms with Gasteiger partial charge in [-0.15, -0.1) is 0 Å². The molecular formula is C20H18N2O2. The molecule has 1 N–H and O–H groups in total. The van der Waals surface area contributed by atoms with E-state index >= 15 is 0 Å². The molecule has 1 aliphatic rings. The van der Waals surface area contributed by atoms with E-state index < -0.39 is 6.09 Å². The SMILES string of the molecule is N#CC=C1CC(NC(=O)OCc2ccccc2)Cc2ccccc21. The van der Waals surface area contributed by atoms with Gasteiger partial charge in [0.2, 0.25) is 0 Å². The molecule has 1 aliphatic carbocycles. The zero-order chi connectivity index (χ0) is 16.8. The zero-order valence-corrected chi connectivity index (χ0v) is 13.2. The van der Waals surface area contributed by atoms with E-state index in [-0.39, 0.29) is 12.6 Å². The molecule has 0 fully saturated rings. The highest BCUT2D eigenvalue weighted by Gasteiger charge is 2.23. The number of fused-ring (bicyclic) bond motifs is 1. The number of nitriles is 1. The van der Waals surface area contributed by atoms with Crippen molar-refractivity contribution in [1.29, 1.82) is 5.26 Å². The highest BCUT2D eigenvalue weighted by Crippen LogP contribution is 2.30. The number of allylic oxidation sites excluding steroid dienone is 1. The van der Waals surface area contributed by atoms with Crippen molar-refractivity contribution < 1.29 is 9.53 Å². The Morgan fingerprint density at radius 2 is 1.92 bits per heavy atom. The fourth-order valence-electron chi connectivity index (χ4n) is 2.97. The highest BCUT2D eigenvalue weighted by atomic mass is 16.5. The van der Waals surface area contributed by atoms with E-state index in [1.807, 2.05) is 54.6 Å². The van der Waals surface area contributed by atoms with Crippen molar-refractivity contribution in [2.75, 3.05) is 0 Å². The minimum absolute atomic E-state index is 0.0669. The van der Waals surface area contributed by atoms with Gasteiger partial charge in [0.05, 0.1) is 6.07 Å². The quantitative estimate of drug-likeness (QED) is 0.875. The number of ether oxygens (including phenoxy) is 1. The number of carbonyl (C=O) groups excluding carboxylic acids is 1. The Balaban J connectivity index is 1.63. The van der Waals surface area contributed by atoms with Crippen LogP contribution in [0, 0.1) is 11.3 Å². The maximum absolute atomic E-state index is 12.0. The van der Waals surface area contributed by atoms with Gasteiger partial charge < -0.3 is 10.1 Å². The lowest BCUT2D eigenvalue weighted by molar-refractivity contribution is 0.135. The molecule has 1 amide bonds. The molecule has 4 nitrogen and oxygen atoms in total. The number of nitrogens with zero attached hydrogens (tertiary/aromatic N) is 1. The molecule has 0 saturated carbocycles. The van der Waals surface area contributed by atoms with Gasteiger partial charge in [0, 0.05) is 12.1 Å². The molecule has 0 spiro atoms. The Bertz CT molecular complexity index is 791. The topological polar surface area (TPSA) is 62.1 Å². The molecule has 1 atom stereocenters. The van der Waals surface area contributed by atoms with Crippen molar-refractivity contribution in [3.05, 3.63) is 77.4 Å². The minimum Gasteiger partial charge on any atom is -0.445 e. The molecule has 2 aromatic rings. The first kappa shape index (κ1) is 15.8. The first-order chi connectivity index (χ1) is 11.8. The summed E-state index contributed by atoms with van der Waals surface area (Å²) in [6.45, 7) is 0.247. The molecular weight excluding hydrogens is 300 g/mol. The molecule has 0 radical (unpaired) electrons. The van der Waals surface area contributed by atoms with Gasteiger partial charge in [-0.3, -0.25) is 0 Å². The first-order valence-corrected chi connectivity index (χ1v) is 7.90. The Morgan fingerprint density at radius 3 is 2.71 bits per heavy atom. The number of carbonyl (C=O) groups is 1. The van der Waals surface area contributed by atoms with Crippen LogP contribution in [-0.2, 0) is 17.8 Å². The summed E-state index contributed by atoms with van der Waals surface area (Å²) in [6.07, 6.45) is 2.49. The van der Waals surface area contributed by atoms with Crippen molar-refractivity contribution in [3.8, 4) is 6.07 Å². The zero-order valence-electron chi connectivity index (χ0n) is 13.2. The summed E-state index contributed by atoms with van der Waals surface area (Å²) < 4.78 is 5.28. The van der Waals surface area contributed by atoms with Gasteiger partial charge in [-0.25, -0.2) is 4.79 Å². The molecule has 0 aromatic heterocycles. The second-order valence-electron chi connectivity index (χ2n) is 5.77. The van der Waals surface area contributed by atoms with Crippen LogP contribution in [0.4, 0.5) is 4.79 Å². The smallest absolute Gasteiger partial charge is 0.407 e. The van der Waals surface area contributed by atoms with Gasteiger partial charge in [0.25, 0.3) is 0 Å². The van der Waals surface area contributed by atoms with Crippen LogP contribution < -0.4 is 5.32 Å². The van der Waals surface area contributed by atoms with Crippen LogP contribution in [0.5, 0.6) is 0 Å². The molecule has 0 saturated heterocycles. The van der Waals surface area contributed by atoms with Crippen LogP contribution in [-0.4, -0.2) is 12.1 Å². The molecule has 0 heterocycles. The first-order valence-electron chi connectivity index (χ1n) is 7.90. The van der Waals surface area contributed by atoms with Crippen molar-refractivity contribution in [2.45, 2.75) is 25.5 Å². The standard InChI is InChI=1S/C20H18N2O2/c21-11-10-17-13-18(12-16-8-4-5-9-19(16)17)22-20(23)24-14-15-6-2-1-3-7-15/h1-10,18H,12-14H2,(H,22,23). The molecule has 2 aromatic carbocycles. The van der Waals surface area contributed by atoms with Gasteiger partial charge in [0.1, 0.15) is 6.61 Å². The van der Waals surface area contributed by atoms with Crippen LogP contribution >= 0.6 is 0 Å². The lowest BCUT2D eigenvalue weighted by Crippen LogP contribution is -2.38. The van der Waals surface area contributed by atoms with Crippen LogP contribution in [0.1, 0.15) is 23.1 Å². The predicted octanol–water partition coefficient (Wildman–Crippen LogP) is 3.83. The number of alkyl carbamates (subject to hydrolysis) is 1. The lowest BCUT2D eigenvalue weighted by Gasteiger charge is -2.27. The summed E-state index contributed by atoms with van der Waals surface area (Å²) >= 11 is 0. The maximum atomic E-state index is 12.0. The average molecular weight is 318 g/mol. The molecule has 0 bridgehead atoms. The van der Waals surface area contributed by atoms with Gasteiger partial charge in [-0.1, -0.05) is 54.6 Å². The largest absolute Gasteiger partial charge is 0.445 e. The van der Waals surface area contributed by atoms with Crippen molar-refractivity contribution in [1.82, 2.24) is 5.32 Å². The van der Waals surface area contributed by atoms with E-state index in [1.165, 1.54) is 0 Å². The summed E-state index contributed by atoms with van der Waals surface area (Å²) in [6, 6.07) is 19.6. The Hall–Kier alpha value is -3.06. The van der Waals surface area contributed by atoms with Crippen LogP contribution in [0.15, 0.2) is 60.7 Å². The van der Waals surface area contributed by atoms with Gasteiger partial charge >= 0.3 is 6.09 Å². The van der Waals surface area contributed by atoms with E-state index in [1.54, 1.807) is 6.08 Å². The van der Waals surface area contributed by atoms with Crippen molar-refractivity contribution in [2.24, 2.45) is 0 Å². The van der Waals surface area contributed by atoms with E-state index in [4.69, 9.17) is 10.00 Å². The van der Waals surface area contributed by atoms with E-state index in [2.05, 4.69) is 11.4 Å². The lowest BCUT2D eigenvalue weighted by atomic mass is 9.84. The summed E-state index contributed by atoms with van der Waals surface area (Å²) in [5.74, 6) is 0. The van der Waals surface area contributed by atoms with Gasteiger partial charge in [0.15, 0.2) is 0 Å². The summed E-state index contributed by atoms with van der Waals surface area (Å²) in [5.41, 5.74) is 4.13. The predicted molar refractivity (Wildman–Crippen MR) is 91.9 cm³/mol. The maximum Gasteiger partial charge on any atom is 0.407 e.